The molecule has 15 aromatic carbocycles. The van der Waals surface area contributed by atoms with Crippen molar-refractivity contribution in [3.05, 3.63) is 358 Å². The monoisotopic (exact) mass is 1760 g/mol. The minimum atomic E-state index is -0.270. The van der Waals surface area contributed by atoms with Gasteiger partial charge < -0.3 is 37.6 Å². The summed E-state index contributed by atoms with van der Waals surface area (Å²) >= 11 is 0. The van der Waals surface area contributed by atoms with Crippen molar-refractivity contribution in [2.24, 2.45) is 0 Å². The maximum absolute atomic E-state index is 6.98. The third-order valence-electron chi connectivity index (χ3n) is 31.3. The summed E-state index contributed by atoms with van der Waals surface area (Å²) in [4.78, 5) is 10.3. The maximum Gasteiger partial charge on any atom is 0.252 e. The number of hydrogen-bond acceptors (Lipinski definition) is 6. The number of nitrogens with zero attached hydrogens (tertiary/aromatic N) is 6. The normalized spacial score (nSPS) is 14.7. The number of para-hydroxylation sites is 4. The third-order valence-corrected chi connectivity index (χ3v) is 31.3. The first kappa shape index (κ1) is 84.3. The molecule has 5 aliphatic rings. The van der Waals surface area contributed by atoms with E-state index in [1.54, 1.807) is 0 Å². The Bertz CT molecular complexity index is 8130. The average molecular weight is 1760 g/mol. The summed E-state index contributed by atoms with van der Waals surface area (Å²) in [6.07, 6.45) is 3.09. The number of aryl methyl sites for hydroxylation is 3. The summed E-state index contributed by atoms with van der Waals surface area (Å²) in [6.45, 7) is 49.3. The van der Waals surface area contributed by atoms with E-state index in [1.165, 1.54) is 150 Å². The minimum Gasteiger partial charge on any atom is -0.454 e. The molecule has 1 aliphatic carbocycles. The van der Waals surface area contributed by atoms with Gasteiger partial charge in [0, 0.05) is 101 Å². The first-order chi connectivity index (χ1) is 64.4. The Morgan fingerprint density at radius 1 is 0.311 bits per heavy atom. The molecule has 0 atom stereocenters. The van der Waals surface area contributed by atoms with E-state index in [0.717, 1.165) is 120 Å². The zero-order chi connectivity index (χ0) is 93.3. The van der Waals surface area contributed by atoms with Crippen LogP contribution in [0.5, 0.6) is 0 Å². The topological polar surface area (TPSA) is 49.1 Å². The molecular formula is C125H118B2N6O2. The Morgan fingerprint density at radius 2 is 0.689 bits per heavy atom. The van der Waals surface area contributed by atoms with E-state index in [4.69, 9.17) is 8.83 Å². The highest BCUT2D eigenvalue weighted by molar-refractivity contribution is 7.01. The summed E-state index contributed by atoms with van der Waals surface area (Å²) in [5.41, 5.74) is 48.3. The fourth-order valence-corrected chi connectivity index (χ4v) is 23.9. The molecule has 8 nitrogen and oxygen atoms in total. The first-order valence-corrected chi connectivity index (χ1v) is 48.9. The quantitative estimate of drug-likeness (QED) is 0.114. The maximum atomic E-state index is 6.98. The Hall–Kier alpha value is -13.7. The molecule has 0 radical (unpaired) electrons. The van der Waals surface area contributed by atoms with Crippen molar-refractivity contribution in [2.75, 3.05) is 19.6 Å². The lowest BCUT2D eigenvalue weighted by molar-refractivity contribution is 0.332. The Kier molecular flexibility index (Phi) is 18.4. The van der Waals surface area contributed by atoms with Crippen molar-refractivity contribution in [1.82, 2.24) is 9.13 Å². The van der Waals surface area contributed by atoms with E-state index in [2.05, 4.69) is 471 Å². The van der Waals surface area contributed by atoms with Crippen LogP contribution in [0.25, 0.3) is 88.4 Å². The van der Waals surface area contributed by atoms with Crippen molar-refractivity contribution in [3.8, 4) is 22.5 Å². The van der Waals surface area contributed by atoms with Crippen LogP contribution >= 0.6 is 0 Å². The summed E-state index contributed by atoms with van der Waals surface area (Å²) in [7, 11) is 0. The fraction of sp³-hybridized carbons (Fsp3) is 0.248. The van der Waals surface area contributed by atoms with Gasteiger partial charge in [0.2, 0.25) is 0 Å². The second kappa shape index (κ2) is 29.4. The van der Waals surface area contributed by atoms with Gasteiger partial charge in [-0.25, -0.2) is 0 Å². The van der Waals surface area contributed by atoms with Gasteiger partial charge in [-0.2, -0.15) is 0 Å². The van der Waals surface area contributed by atoms with Crippen LogP contribution in [0.4, 0.5) is 68.2 Å². The smallest absolute Gasteiger partial charge is 0.252 e. The molecule has 8 heterocycles. The second-order valence-electron chi connectivity index (χ2n) is 46.0. The van der Waals surface area contributed by atoms with Crippen LogP contribution < -0.4 is 52.4 Å². The molecular weight excluding hydrogens is 1640 g/mol. The highest BCUT2D eigenvalue weighted by atomic mass is 16.3. The molecule has 0 fully saturated rings. The van der Waals surface area contributed by atoms with Crippen LogP contribution in [0.15, 0.2) is 306 Å². The van der Waals surface area contributed by atoms with Crippen molar-refractivity contribution >= 4 is 180 Å². The van der Waals surface area contributed by atoms with Crippen molar-refractivity contribution < 1.29 is 8.83 Å². The fourth-order valence-electron chi connectivity index (χ4n) is 23.9. The van der Waals surface area contributed by atoms with Gasteiger partial charge in [0.1, 0.15) is 22.2 Å². The van der Waals surface area contributed by atoms with E-state index >= 15 is 0 Å². The second-order valence-corrected chi connectivity index (χ2v) is 46.0. The van der Waals surface area contributed by atoms with E-state index < -0.39 is 0 Å². The highest BCUT2D eigenvalue weighted by Gasteiger charge is 2.48. The zero-order valence-electron chi connectivity index (χ0n) is 82.1. The average Bonchev–Trinajstić information content (AvgIpc) is 1.58. The molecule has 135 heavy (non-hydrogen) atoms. The van der Waals surface area contributed by atoms with E-state index in [9.17, 15) is 0 Å². The van der Waals surface area contributed by atoms with Gasteiger partial charge in [-0.05, 0) is 329 Å². The minimum absolute atomic E-state index is 0.0187. The Balaban J connectivity index is 0.628. The molecule has 0 bridgehead atoms. The lowest BCUT2D eigenvalue weighted by Crippen LogP contribution is -2.60. The van der Waals surface area contributed by atoms with Gasteiger partial charge in [0.25, 0.3) is 13.4 Å². The van der Waals surface area contributed by atoms with Gasteiger partial charge in [0.05, 0.1) is 16.7 Å². The van der Waals surface area contributed by atoms with Crippen LogP contribution in [0.3, 0.4) is 0 Å². The SMILES string of the molecule is Cc1cc2c3c(c1)-n1c4c(cccc4c4oc5ccccc5c41)B3c1ccc(N(c3ccc(C(C)(C)C)cc3)c3ccc(C(C)(C)Cc4ccc(-c5cc(C(C)(C)C)ccc5N5c6cc(N(c7ccc(C(C)(C)C)cc7)c7ccc(C(C)(C)C)cc7)ccc6B6c7c5cc(C)cc7-n5c7c6cccc7c6oc7ccccc7c65)cc4)cc3)cc1N2c1cc2c(cc1C)C(C)(C)CCC2(C)C. The first-order valence-electron chi connectivity index (χ1n) is 48.9. The molecule has 19 aromatic rings. The molecule has 24 rings (SSSR count). The molecule has 0 spiro atoms. The molecule has 0 unspecified atom stereocenters. The standard InChI is InChI=1S/C125H118B2N6O2/c1-74-64-105-111-107(66-74)132-113-92(117-115(132)90-28-22-24-34-109(90)134-117)30-26-32-99(113)126(111)97-59-57-88(128(84-49-40-79(41-50-84)119(4,5)6)85-51-42-80(43-52-85)120(7,8)9)70-103(97)130(105)101-61-48-83(122(13,14)15)69-94(101)78-38-36-77(37-39-78)73-125(20,21)82-46-55-87(56-47-82)129(86-53-44-81(45-54-86)121(10,11)12)89-58-60-98-104(71-89)131(102-72-96-95(68-76(102)3)123(16,17)62-63-124(96,18)19)106-65-75(2)67-108-112(106)127(98)100-33-27-31-93-114(100)133(108)116-91-29-23-25-35-110(91)135-118(93)116/h22-61,64-72H,62-63,73H2,1-21H3. The summed E-state index contributed by atoms with van der Waals surface area (Å²) < 4.78 is 19.0. The molecule has 0 saturated carbocycles. The van der Waals surface area contributed by atoms with Gasteiger partial charge in [-0.1, -0.05) is 270 Å². The van der Waals surface area contributed by atoms with E-state index in [0.29, 0.717) is 0 Å². The zero-order valence-corrected chi connectivity index (χ0v) is 82.1. The van der Waals surface area contributed by atoms with E-state index in [1.807, 2.05) is 0 Å². The Morgan fingerprint density at radius 3 is 1.12 bits per heavy atom. The Labute approximate surface area is 796 Å². The van der Waals surface area contributed by atoms with Crippen LogP contribution in [0.1, 0.15) is 199 Å². The molecule has 666 valence electrons. The third kappa shape index (κ3) is 13.0. The van der Waals surface area contributed by atoms with Crippen LogP contribution in [-0.4, -0.2) is 22.6 Å². The van der Waals surface area contributed by atoms with Gasteiger partial charge in [-0.3, -0.25) is 0 Å². The van der Waals surface area contributed by atoms with Crippen molar-refractivity contribution in [1.29, 1.82) is 0 Å². The lowest BCUT2D eigenvalue weighted by atomic mass is 9.33. The highest BCUT2D eigenvalue weighted by Crippen LogP contribution is 2.55. The molecule has 10 heteroatoms. The van der Waals surface area contributed by atoms with Crippen molar-refractivity contribution in [3.63, 3.8) is 0 Å². The summed E-state index contributed by atoms with van der Waals surface area (Å²) in [5, 5.41) is 4.52. The molecule has 4 aromatic heterocycles. The van der Waals surface area contributed by atoms with Gasteiger partial charge in [0.15, 0.2) is 11.2 Å². The predicted octanol–water partition coefficient (Wildman–Crippen LogP) is 30.2. The number of furan rings is 2. The number of aromatic nitrogens is 2. The van der Waals surface area contributed by atoms with Crippen LogP contribution in [-0.2, 0) is 44.3 Å². The summed E-state index contributed by atoms with van der Waals surface area (Å²) in [5.74, 6) is 0. The number of hydrogen-bond donors (Lipinski definition) is 0. The van der Waals surface area contributed by atoms with Gasteiger partial charge in [-0.15, -0.1) is 0 Å². The molecule has 0 saturated heterocycles. The van der Waals surface area contributed by atoms with Gasteiger partial charge >= 0.3 is 0 Å². The van der Waals surface area contributed by atoms with Crippen LogP contribution in [0, 0.1) is 20.8 Å². The molecule has 0 amide bonds. The molecule has 4 aliphatic heterocycles. The number of anilines is 12. The number of benzene rings is 15. The molecule has 0 N–H and O–H groups in total. The number of rotatable bonds is 12. The largest absolute Gasteiger partial charge is 0.454 e. The predicted molar refractivity (Wildman–Crippen MR) is 576 cm³/mol. The summed E-state index contributed by atoms with van der Waals surface area (Å²) in [6, 6.07) is 115. The van der Waals surface area contributed by atoms with E-state index in [-0.39, 0.29) is 51.3 Å². The number of fused-ring (bicyclic) bond motifs is 19. The van der Waals surface area contributed by atoms with Crippen LogP contribution in [0.2, 0.25) is 0 Å². The van der Waals surface area contributed by atoms with Crippen molar-refractivity contribution in [2.45, 2.75) is 203 Å². The lowest BCUT2D eigenvalue weighted by Gasteiger charge is -2.45.